The molecule has 0 radical (unpaired) electrons. The van der Waals surface area contributed by atoms with Crippen LogP contribution in [0.1, 0.15) is 25.8 Å². The van der Waals surface area contributed by atoms with E-state index in [4.69, 9.17) is 9.26 Å². The number of rotatable bonds is 7. The highest BCUT2D eigenvalue weighted by molar-refractivity contribution is 7.89. The maximum absolute atomic E-state index is 12.3. The van der Waals surface area contributed by atoms with E-state index >= 15 is 0 Å². The van der Waals surface area contributed by atoms with Gasteiger partial charge in [-0.1, -0.05) is 23.4 Å². The number of hydrogen-bond acceptors (Lipinski definition) is 8. The molecule has 0 aliphatic heterocycles. The molecule has 0 bridgehead atoms. The highest BCUT2D eigenvalue weighted by Crippen LogP contribution is 2.20. The van der Waals surface area contributed by atoms with Crippen LogP contribution < -0.4 is 4.72 Å². The number of nitrogens with zero attached hydrogens (tertiary/aromatic N) is 3. The summed E-state index contributed by atoms with van der Waals surface area (Å²) in [5.74, 6) is -0.373. The molecular formula is C18H18N4O5S. The van der Waals surface area contributed by atoms with Crippen LogP contribution in [0.4, 0.5) is 0 Å². The van der Waals surface area contributed by atoms with Crippen molar-refractivity contribution in [1.82, 2.24) is 19.8 Å². The highest BCUT2D eigenvalue weighted by Gasteiger charge is 2.26. The second-order valence-corrected chi connectivity index (χ2v) is 7.65. The summed E-state index contributed by atoms with van der Waals surface area (Å²) in [5.41, 5.74) is 0.653. The van der Waals surface area contributed by atoms with Gasteiger partial charge in [-0.25, -0.2) is 8.42 Å². The summed E-state index contributed by atoms with van der Waals surface area (Å²) in [6.45, 7) is 2.95. The van der Waals surface area contributed by atoms with Crippen LogP contribution in [0.2, 0.25) is 0 Å². The van der Waals surface area contributed by atoms with Gasteiger partial charge in [0.1, 0.15) is 6.04 Å². The number of esters is 1. The summed E-state index contributed by atoms with van der Waals surface area (Å²) in [4.78, 5) is 20.5. The van der Waals surface area contributed by atoms with E-state index in [0.717, 1.165) is 0 Å². The zero-order chi connectivity index (χ0) is 20.1. The van der Waals surface area contributed by atoms with E-state index in [0.29, 0.717) is 11.4 Å². The van der Waals surface area contributed by atoms with Crippen molar-refractivity contribution in [3.63, 3.8) is 0 Å². The molecule has 10 heteroatoms. The molecular weight excluding hydrogens is 384 g/mol. The van der Waals surface area contributed by atoms with Gasteiger partial charge in [0.05, 0.1) is 4.90 Å². The summed E-state index contributed by atoms with van der Waals surface area (Å²) in [6, 6.07) is 10.1. The Kier molecular flexibility index (Phi) is 5.81. The third-order valence-electron chi connectivity index (χ3n) is 3.74. The van der Waals surface area contributed by atoms with Gasteiger partial charge in [0.15, 0.2) is 6.10 Å². The first-order valence-electron chi connectivity index (χ1n) is 8.38. The second-order valence-electron chi connectivity index (χ2n) is 5.93. The fourth-order valence-corrected chi connectivity index (χ4v) is 3.50. The molecule has 1 aromatic carbocycles. The molecule has 3 aromatic rings. The third kappa shape index (κ3) is 4.59. The van der Waals surface area contributed by atoms with Crippen molar-refractivity contribution < 1.29 is 22.5 Å². The Hall–Kier alpha value is -3.11. The van der Waals surface area contributed by atoms with Crippen LogP contribution >= 0.6 is 0 Å². The predicted molar refractivity (Wildman–Crippen MR) is 98.3 cm³/mol. The van der Waals surface area contributed by atoms with Crippen molar-refractivity contribution in [3.05, 3.63) is 60.7 Å². The number of pyridine rings is 1. The Bertz CT molecular complexity index is 1040. The number of carbonyl (C=O) groups excluding carboxylic acids is 1. The first-order chi connectivity index (χ1) is 13.4. The van der Waals surface area contributed by atoms with Crippen molar-refractivity contribution in [3.8, 4) is 11.4 Å². The zero-order valence-corrected chi connectivity index (χ0v) is 16.0. The number of nitrogens with one attached hydrogen (secondary N) is 1. The van der Waals surface area contributed by atoms with E-state index < -0.39 is 28.1 Å². The van der Waals surface area contributed by atoms with Crippen molar-refractivity contribution in [2.75, 3.05) is 0 Å². The normalized spacial score (nSPS) is 13.6. The second kappa shape index (κ2) is 8.28. The molecule has 2 aromatic heterocycles. The van der Waals surface area contributed by atoms with Crippen molar-refractivity contribution in [1.29, 1.82) is 0 Å². The molecule has 3 rings (SSSR count). The predicted octanol–water partition coefficient (Wildman–Crippen LogP) is 2.10. The largest absolute Gasteiger partial charge is 0.451 e. The molecule has 2 atom stereocenters. The average molecular weight is 402 g/mol. The van der Waals surface area contributed by atoms with Crippen LogP contribution in [0.5, 0.6) is 0 Å². The quantitative estimate of drug-likeness (QED) is 0.596. The van der Waals surface area contributed by atoms with Gasteiger partial charge < -0.3 is 9.26 Å². The van der Waals surface area contributed by atoms with E-state index in [9.17, 15) is 13.2 Å². The van der Waals surface area contributed by atoms with Crippen LogP contribution in [-0.2, 0) is 19.6 Å². The van der Waals surface area contributed by atoms with E-state index in [2.05, 4.69) is 19.8 Å². The van der Waals surface area contributed by atoms with E-state index in [1.165, 1.54) is 19.1 Å². The van der Waals surface area contributed by atoms with Crippen LogP contribution in [0.3, 0.4) is 0 Å². The van der Waals surface area contributed by atoms with Crippen LogP contribution in [0, 0.1) is 0 Å². The molecule has 0 saturated heterocycles. The Morgan fingerprint density at radius 1 is 1.14 bits per heavy atom. The van der Waals surface area contributed by atoms with Crippen LogP contribution in [0.25, 0.3) is 11.4 Å². The Morgan fingerprint density at radius 2 is 1.89 bits per heavy atom. The molecule has 9 nitrogen and oxygen atoms in total. The monoisotopic (exact) mass is 402 g/mol. The molecule has 1 N–H and O–H groups in total. The van der Waals surface area contributed by atoms with Crippen molar-refractivity contribution in [2.24, 2.45) is 0 Å². The Labute approximate surface area is 161 Å². The molecule has 0 saturated carbocycles. The first kappa shape index (κ1) is 19.6. The molecule has 0 fully saturated rings. The van der Waals surface area contributed by atoms with E-state index in [1.54, 1.807) is 49.6 Å². The number of carbonyl (C=O) groups is 1. The summed E-state index contributed by atoms with van der Waals surface area (Å²) in [7, 11) is -3.85. The highest BCUT2D eigenvalue weighted by atomic mass is 32.2. The number of ether oxygens (including phenoxy) is 1. The summed E-state index contributed by atoms with van der Waals surface area (Å²) >= 11 is 0. The molecule has 146 valence electrons. The van der Waals surface area contributed by atoms with Gasteiger partial charge in [-0.2, -0.15) is 9.71 Å². The SMILES string of the molecule is CC(OC(=O)[C@H](C)NS(=O)(=O)c1ccccc1)c1nc(-c2cccnc2)no1. The number of aromatic nitrogens is 3. The van der Waals surface area contributed by atoms with Gasteiger partial charge in [0.2, 0.25) is 15.8 Å². The lowest BCUT2D eigenvalue weighted by Gasteiger charge is -2.15. The fraction of sp³-hybridized carbons (Fsp3) is 0.222. The number of hydrogen-bond donors (Lipinski definition) is 1. The molecule has 0 aliphatic rings. The molecule has 0 amide bonds. The zero-order valence-electron chi connectivity index (χ0n) is 15.1. The lowest BCUT2D eigenvalue weighted by molar-refractivity contribution is -0.151. The Balaban J connectivity index is 1.63. The van der Waals surface area contributed by atoms with Crippen LogP contribution in [0.15, 0.2) is 64.3 Å². The molecule has 2 heterocycles. The topological polar surface area (TPSA) is 124 Å². The van der Waals surface area contributed by atoms with Crippen molar-refractivity contribution in [2.45, 2.75) is 30.9 Å². The number of benzene rings is 1. The fourth-order valence-electron chi connectivity index (χ4n) is 2.29. The third-order valence-corrected chi connectivity index (χ3v) is 5.30. The number of sulfonamides is 1. The molecule has 0 spiro atoms. The van der Waals surface area contributed by atoms with Gasteiger partial charge in [-0.15, -0.1) is 0 Å². The van der Waals surface area contributed by atoms with E-state index in [-0.39, 0.29) is 10.8 Å². The molecule has 1 unspecified atom stereocenters. The van der Waals surface area contributed by atoms with Crippen molar-refractivity contribution >= 4 is 16.0 Å². The minimum atomic E-state index is -3.85. The van der Waals surface area contributed by atoms with E-state index in [1.807, 2.05) is 0 Å². The van der Waals surface area contributed by atoms with Gasteiger partial charge in [0, 0.05) is 18.0 Å². The lowest BCUT2D eigenvalue weighted by Crippen LogP contribution is -2.39. The van der Waals surface area contributed by atoms with Gasteiger partial charge in [-0.05, 0) is 38.1 Å². The van der Waals surface area contributed by atoms with Gasteiger partial charge in [0.25, 0.3) is 5.89 Å². The minimum absolute atomic E-state index is 0.0562. The Morgan fingerprint density at radius 3 is 2.57 bits per heavy atom. The maximum atomic E-state index is 12.3. The smallest absolute Gasteiger partial charge is 0.324 e. The average Bonchev–Trinajstić information content (AvgIpc) is 3.19. The van der Waals surface area contributed by atoms with Gasteiger partial charge in [-0.3, -0.25) is 9.78 Å². The maximum Gasteiger partial charge on any atom is 0.324 e. The lowest BCUT2D eigenvalue weighted by atomic mass is 10.3. The molecule has 28 heavy (non-hydrogen) atoms. The summed E-state index contributed by atoms with van der Waals surface area (Å²) < 4.78 is 37.3. The van der Waals surface area contributed by atoms with Gasteiger partial charge >= 0.3 is 5.97 Å². The minimum Gasteiger partial charge on any atom is -0.451 e. The standard InChI is InChI=1S/C18H18N4O5S/c1-12(22-28(24,25)15-8-4-3-5-9-15)18(23)26-13(2)17-20-16(21-27-17)14-7-6-10-19-11-14/h3-13,22H,1-2H3/t12-,13?/m0/s1. The van der Waals surface area contributed by atoms with Crippen LogP contribution in [-0.4, -0.2) is 35.6 Å². The summed E-state index contributed by atoms with van der Waals surface area (Å²) in [6.07, 6.45) is 2.34. The summed E-state index contributed by atoms with van der Waals surface area (Å²) in [5, 5.41) is 3.83. The molecule has 0 aliphatic carbocycles. The first-order valence-corrected chi connectivity index (χ1v) is 9.87.